The average molecular weight is 339 g/mol. The molecule has 0 aromatic heterocycles. The summed E-state index contributed by atoms with van der Waals surface area (Å²) in [5.74, 6) is -0.798. The van der Waals surface area contributed by atoms with E-state index in [-0.39, 0.29) is 29.6 Å². The van der Waals surface area contributed by atoms with Crippen molar-refractivity contribution >= 4 is 23.6 Å². The number of halogens is 1. The lowest BCUT2D eigenvalue weighted by Crippen LogP contribution is -2.41. The van der Waals surface area contributed by atoms with Crippen LogP contribution in [0.3, 0.4) is 0 Å². The Morgan fingerprint density at radius 1 is 1.26 bits per heavy atom. The van der Waals surface area contributed by atoms with Gasteiger partial charge in [0.1, 0.15) is 5.82 Å². The van der Waals surface area contributed by atoms with Crippen LogP contribution in [-0.4, -0.2) is 28.8 Å². The molecule has 1 aliphatic carbocycles. The van der Waals surface area contributed by atoms with Crippen molar-refractivity contribution < 1.29 is 19.1 Å². The first-order valence-corrected chi connectivity index (χ1v) is 8.86. The van der Waals surface area contributed by atoms with Crippen LogP contribution in [0.5, 0.6) is 0 Å². The summed E-state index contributed by atoms with van der Waals surface area (Å²) in [7, 11) is 0. The van der Waals surface area contributed by atoms with Gasteiger partial charge in [0.2, 0.25) is 5.91 Å². The molecule has 2 N–H and O–H groups in total. The SMILES string of the molecule is CC(CSc1ccc(F)cc1)C(=O)NC1CCC(C(=O)O)CC1. The van der Waals surface area contributed by atoms with E-state index in [0.29, 0.717) is 18.6 Å². The molecule has 1 unspecified atom stereocenters. The predicted molar refractivity (Wildman–Crippen MR) is 87.8 cm³/mol. The van der Waals surface area contributed by atoms with E-state index < -0.39 is 5.97 Å². The van der Waals surface area contributed by atoms with Crippen LogP contribution in [0.2, 0.25) is 0 Å². The number of carbonyl (C=O) groups is 2. The van der Waals surface area contributed by atoms with Crippen LogP contribution in [0.1, 0.15) is 32.6 Å². The van der Waals surface area contributed by atoms with Crippen molar-refractivity contribution in [3.63, 3.8) is 0 Å². The molecular weight excluding hydrogens is 317 g/mol. The van der Waals surface area contributed by atoms with E-state index in [2.05, 4.69) is 5.32 Å². The van der Waals surface area contributed by atoms with E-state index in [1.807, 2.05) is 6.92 Å². The van der Waals surface area contributed by atoms with Crippen LogP contribution >= 0.6 is 11.8 Å². The van der Waals surface area contributed by atoms with Gasteiger partial charge in [0.25, 0.3) is 0 Å². The van der Waals surface area contributed by atoms with Gasteiger partial charge in [-0.05, 0) is 49.9 Å². The molecule has 1 atom stereocenters. The maximum Gasteiger partial charge on any atom is 0.306 e. The molecule has 0 saturated heterocycles. The molecule has 0 aliphatic heterocycles. The maximum absolute atomic E-state index is 12.8. The van der Waals surface area contributed by atoms with Gasteiger partial charge in [-0.15, -0.1) is 11.8 Å². The largest absolute Gasteiger partial charge is 0.481 e. The summed E-state index contributed by atoms with van der Waals surface area (Å²) < 4.78 is 12.8. The van der Waals surface area contributed by atoms with Gasteiger partial charge in [0.15, 0.2) is 0 Å². The first kappa shape index (κ1) is 17.8. The molecule has 1 fully saturated rings. The van der Waals surface area contributed by atoms with Crippen LogP contribution in [0, 0.1) is 17.7 Å². The number of carbonyl (C=O) groups excluding carboxylic acids is 1. The highest BCUT2D eigenvalue weighted by molar-refractivity contribution is 7.99. The van der Waals surface area contributed by atoms with E-state index in [4.69, 9.17) is 5.11 Å². The highest BCUT2D eigenvalue weighted by Crippen LogP contribution is 2.25. The van der Waals surface area contributed by atoms with E-state index in [1.165, 1.54) is 23.9 Å². The third kappa shape index (κ3) is 5.53. The number of amides is 1. The summed E-state index contributed by atoms with van der Waals surface area (Å²) in [4.78, 5) is 24.1. The van der Waals surface area contributed by atoms with Crippen LogP contribution < -0.4 is 5.32 Å². The molecule has 1 saturated carbocycles. The Bertz CT molecular complexity index is 541. The Balaban J connectivity index is 1.73. The third-order valence-electron chi connectivity index (χ3n) is 4.18. The van der Waals surface area contributed by atoms with Gasteiger partial charge in [-0.2, -0.15) is 0 Å². The van der Waals surface area contributed by atoms with E-state index in [1.54, 1.807) is 12.1 Å². The fraction of sp³-hybridized carbons (Fsp3) is 0.529. The highest BCUT2D eigenvalue weighted by Gasteiger charge is 2.27. The molecule has 0 spiro atoms. The number of thioether (sulfide) groups is 1. The lowest BCUT2D eigenvalue weighted by molar-refractivity contribution is -0.142. The van der Waals surface area contributed by atoms with Crippen molar-refractivity contribution in [3.8, 4) is 0 Å². The molecule has 1 aromatic rings. The molecule has 1 amide bonds. The Morgan fingerprint density at radius 2 is 1.87 bits per heavy atom. The molecule has 2 rings (SSSR count). The van der Waals surface area contributed by atoms with Gasteiger partial charge in [-0.25, -0.2) is 4.39 Å². The van der Waals surface area contributed by atoms with Crippen LogP contribution in [-0.2, 0) is 9.59 Å². The van der Waals surface area contributed by atoms with Gasteiger partial charge in [0.05, 0.1) is 5.92 Å². The molecule has 1 aliphatic rings. The first-order chi connectivity index (χ1) is 11.0. The molecule has 6 heteroatoms. The van der Waals surface area contributed by atoms with E-state index in [9.17, 15) is 14.0 Å². The predicted octanol–water partition coefficient (Wildman–Crippen LogP) is 3.31. The summed E-state index contributed by atoms with van der Waals surface area (Å²) in [6.07, 6.45) is 2.69. The zero-order chi connectivity index (χ0) is 16.8. The number of aliphatic carboxylic acids is 1. The van der Waals surface area contributed by atoms with Crippen molar-refractivity contribution in [1.29, 1.82) is 0 Å². The Hall–Kier alpha value is -1.56. The van der Waals surface area contributed by atoms with Gasteiger partial charge < -0.3 is 10.4 Å². The van der Waals surface area contributed by atoms with E-state index >= 15 is 0 Å². The summed E-state index contributed by atoms with van der Waals surface area (Å²) in [5, 5.41) is 12.0. The molecule has 0 bridgehead atoms. The Morgan fingerprint density at radius 3 is 2.43 bits per heavy atom. The summed E-state index contributed by atoms with van der Waals surface area (Å²) >= 11 is 1.53. The number of hydrogen-bond donors (Lipinski definition) is 2. The van der Waals surface area contributed by atoms with Crippen molar-refractivity contribution in [3.05, 3.63) is 30.1 Å². The van der Waals surface area contributed by atoms with Gasteiger partial charge in [-0.1, -0.05) is 6.92 Å². The number of carboxylic acids is 1. The van der Waals surface area contributed by atoms with E-state index in [0.717, 1.165) is 17.7 Å². The number of benzene rings is 1. The monoisotopic (exact) mass is 339 g/mol. The molecule has 4 nitrogen and oxygen atoms in total. The van der Waals surface area contributed by atoms with Crippen LogP contribution in [0.15, 0.2) is 29.2 Å². The normalized spacial score (nSPS) is 22.3. The number of nitrogens with one attached hydrogen (secondary N) is 1. The third-order valence-corrected chi connectivity index (χ3v) is 5.46. The highest BCUT2D eigenvalue weighted by atomic mass is 32.2. The summed E-state index contributed by atoms with van der Waals surface area (Å²) in [6, 6.07) is 6.31. The van der Waals surface area contributed by atoms with Gasteiger partial charge in [0, 0.05) is 22.6 Å². The van der Waals surface area contributed by atoms with Crippen molar-refractivity contribution in [1.82, 2.24) is 5.32 Å². The number of hydrogen-bond acceptors (Lipinski definition) is 3. The second-order valence-corrected chi connectivity index (χ2v) is 7.15. The van der Waals surface area contributed by atoms with Crippen LogP contribution in [0.25, 0.3) is 0 Å². The lowest BCUT2D eigenvalue weighted by atomic mass is 9.86. The molecule has 0 radical (unpaired) electrons. The maximum atomic E-state index is 12.8. The minimum absolute atomic E-state index is 0.00149. The van der Waals surface area contributed by atoms with Crippen molar-refractivity contribution in [2.24, 2.45) is 11.8 Å². The summed E-state index contributed by atoms with van der Waals surface area (Å²) in [6.45, 7) is 1.87. The van der Waals surface area contributed by atoms with Crippen molar-refractivity contribution in [2.75, 3.05) is 5.75 Å². The first-order valence-electron chi connectivity index (χ1n) is 7.87. The second-order valence-electron chi connectivity index (χ2n) is 6.06. The molecule has 0 heterocycles. The minimum Gasteiger partial charge on any atom is -0.481 e. The van der Waals surface area contributed by atoms with Crippen molar-refractivity contribution in [2.45, 2.75) is 43.5 Å². The average Bonchev–Trinajstić information content (AvgIpc) is 2.54. The minimum atomic E-state index is -0.737. The topological polar surface area (TPSA) is 66.4 Å². The molecule has 1 aromatic carbocycles. The fourth-order valence-electron chi connectivity index (χ4n) is 2.66. The Kier molecular flexibility index (Phi) is 6.45. The van der Waals surface area contributed by atoms with Crippen LogP contribution in [0.4, 0.5) is 4.39 Å². The lowest BCUT2D eigenvalue weighted by Gasteiger charge is -2.27. The second kappa shape index (κ2) is 8.34. The van der Waals surface area contributed by atoms with Gasteiger partial charge >= 0.3 is 5.97 Å². The Labute approximate surface area is 139 Å². The molecular formula is C17H22FNO3S. The smallest absolute Gasteiger partial charge is 0.306 e. The quantitative estimate of drug-likeness (QED) is 0.780. The molecule has 23 heavy (non-hydrogen) atoms. The molecule has 126 valence electrons. The number of rotatable bonds is 6. The number of carboxylic acid groups (broad SMARTS) is 1. The standard InChI is InChI=1S/C17H22FNO3S/c1-11(10-23-15-8-4-13(18)5-9-15)16(20)19-14-6-2-12(3-7-14)17(21)22/h4-5,8-9,11-12,14H,2-3,6-7,10H2,1H3,(H,19,20)(H,21,22). The van der Waals surface area contributed by atoms with Gasteiger partial charge in [-0.3, -0.25) is 9.59 Å². The summed E-state index contributed by atoms with van der Waals surface area (Å²) in [5.41, 5.74) is 0. The zero-order valence-corrected chi connectivity index (χ0v) is 13.9. The fourth-order valence-corrected chi connectivity index (χ4v) is 3.58. The zero-order valence-electron chi connectivity index (χ0n) is 13.1.